The number of aliphatic hydroxyl groups is 1. The molecule has 7 heteroatoms. The van der Waals surface area contributed by atoms with Crippen molar-refractivity contribution in [2.45, 2.75) is 43.9 Å². The zero-order valence-corrected chi connectivity index (χ0v) is 10.4. The molecule has 1 aliphatic rings. The van der Waals surface area contributed by atoms with Crippen molar-refractivity contribution in [3.63, 3.8) is 0 Å². The molecule has 1 heterocycles. The van der Waals surface area contributed by atoms with Gasteiger partial charge in [0, 0.05) is 12.7 Å². The first-order valence-corrected chi connectivity index (χ1v) is 6.26. The molecule has 0 unspecified atom stereocenters. The van der Waals surface area contributed by atoms with Crippen LogP contribution in [0.3, 0.4) is 0 Å². The van der Waals surface area contributed by atoms with E-state index in [9.17, 15) is 18.3 Å². The Morgan fingerprint density at radius 3 is 2.58 bits per heavy atom. The van der Waals surface area contributed by atoms with Crippen molar-refractivity contribution in [2.24, 2.45) is 0 Å². The van der Waals surface area contributed by atoms with Crippen LogP contribution < -0.4 is 5.32 Å². The van der Waals surface area contributed by atoms with E-state index < -0.39 is 17.5 Å². The second-order valence-corrected chi connectivity index (χ2v) is 4.90. The quantitative estimate of drug-likeness (QED) is 0.890. The molecule has 0 aliphatic heterocycles. The van der Waals surface area contributed by atoms with Crippen LogP contribution in [-0.2, 0) is 6.18 Å². The molecule has 1 aliphatic carbocycles. The van der Waals surface area contributed by atoms with Crippen molar-refractivity contribution < 1.29 is 18.3 Å². The Morgan fingerprint density at radius 1 is 1.26 bits per heavy atom. The number of hydrogen-bond acceptors (Lipinski definition) is 4. The summed E-state index contributed by atoms with van der Waals surface area (Å²) in [6.07, 6.45) is 0.827. The summed E-state index contributed by atoms with van der Waals surface area (Å²) in [4.78, 5) is 7.14. The maximum absolute atomic E-state index is 12.5. The maximum atomic E-state index is 12.5. The molecule has 0 bridgehead atoms. The van der Waals surface area contributed by atoms with Gasteiger partial charge in [0.25, 0.3) is 0 Å². The first-order chi connectivity index (χ1) is 8.89. The van der Waals surface area contributed by atoms with Crippen molar-refractivity contribution in [1.82, 2.24) is 9.97 Å². The first-order valence-electron chi connectivity index (χ1n) is 6.26. The summed E-state index contributed by atoms with van der Waals surface area (Å²) in [5, 5.41) is 12.9. The Kier molecular flexibility index (Phi) is 3.93. The topological polar surface area (TPSA) is 58.0 Å². The molecule has 4 nitrogen and oxygen atoms in total. The van der Waals surface area contributed by atoms with Gasteiger partial charge < -0.3 is 10.4 Å². The van der Waals surface area contributed by atoms with E-state index >= 15 is 0 Å². The molecule has 1 fully saturated rings. The highest BCUT2D eigenvalue weighted by molar-refractivity contribution is 5.26. The van der Waals surface area contributed by atoms with E-state index in [1.807, 2.05) is 0 Å². The van der Waals surface area contributed by atoms with E-state index in [2.05, 4.69) is 15.3 Å². The fourth-order valence-corrected chi connectivity index (χ4v) is 2.23. The van der Waals surface area contributed by atoms with Crippen LogP contribution in [0.4, 0.5) is 19.1 Å². The van der Waals surface area contributed by atoms with Gasteiger partial charge >= 0.3 is 6.18 Å². The van der Waals surface area contributed by atoms with Crippen molar-refractivity contribution in [1.29, 1.82) is 0 Å². The van der Waals surface area contributed by atoms with Gasteiger partial charge in [-0.25, -0.2) is 9.97 Å². The van der Waals surface area contributed by atoms with Crippen LogP contribution in [-0.4, -0.2) is 27.2 Å². The average molecular weight is 275 g/mol. The summed E-state index contributed by atoms with van der Waals surface area (Å²) in [7, 11) is 0. The fraction of sp³-hybridized carbons (Fsp3) is 0.667. The number of hydrogen-bond donors (Lipinski definition) is 2. The third-order valence-corrected chi connectivity index (χ3v) is 3.31. The maximum Gasteiger partial charge on any atom is 0.433 e. The molecule has 106 valence electrons. The van der Waals surface area contributed by atoms with E-state index in [0.29, 0.717) is 12.8 Å². The zero-order valence-electron chi connectivity index (χ0n) is 10.4. The van der Waals surface area contributed by atoms with Gasteiger partial charge in [-0.05, 0) is 18.9 Å². The van der Waals surface area contributed by atoms with E-state index in [1.165, 1.54) is 0 Å². The van der Waals surface area contributed by atoms with Crippen molar-refractivity contribution in [3.05, 3.63) is 18.0 Å². The van der Waals surface area contributed by atoms with Crippen LogP contribution >= 0.6 is 0 Å². The summed E-state index contributed by atoms with van der Waals surface area (Å²) < 4.78 is 37.4. The number of halogens is 3. The third kappa shape index (κ3) is 3.79. The Balaban J connectivity index is 1.99. The second kappa shape index (κ2) is 5.32. The predicted octanol–water partition coefficient (Wildman–Crippen LogP) is 2.60. The number of aromatic nitrogens is 2. The van der Waals surface area contributed by atoms with Crippen LogP contribution in [0.1, 0.15) is 37.8 Å². The SMILES string of the molecule is OC1(CNc2nccc(C(F)(F)F)n2)CCCCC1. The van der Waals surface area contributed by atoms with E-state index in [1.54, 1.807) is 0 Å². The van der Waals surface area contributed by atoms with Gasteiger partial charge in [0.2, 0.25) is 5.95 Å². The van der Waals surface area contributed by atoms with Gasteiger partial charge in [0.15, 0.2) is 0 Å². The van der Waals surface area contributed by atoms with E-state index in [-0.39, 0.29) is 12.5 Å². The van der Waals surface area contributed by atoms with Gasteiger partial charge in [0.05, 0.1) is 5.60 Å². The van der Waals surface area contributed by atoms with E-state index in [4.69, 9.17) is 0 Å². The summed E-state index contributed by atoms with van der Waals surface area (Å²) in [6, 6.07) is 0.820. The number of anilines is 1. The summed E-state index contributed by atoms with van der Waals surface area (Å²) in [5.41, 5.74) is -1.85. The van der Waals surface area contributed by atoms with Gasteiger partial charge in [-0.3, -0.25) is 0 Å². The third-order valence-electron chi connectivity index (χ3n) is 3.31. The zero-order chi connectivity index (χ0) is 13.9. The van der Waals surface area contributed by atoms with Crippen LogP contribution in [0.2, 0.25) is 0 Å². The molecule has 1 saturated carbocycles. The first kappa shape index (κ1) is 14.0. The molecule has 1 aromatic rings. The molecule has 19 heavy (non-hydrogen) atoms. The minimum absolute atomic E-state index is 0.103. The molecular weight excluding hydrogens is 259 g/mol. The number of alkyl halides is 3. The van der Waals surface area contributed by atoms with Crippen molar-refractivity contribution in [2.75, 3.05) is 11.9 Å². The fourth-order valence-electron chi connectivity index (χ4n) is 2.23. The highest BCUT2D eigenvalue weighted by Crippen LogP contribution is 2.29. The monoisotopic (exact) mass is 275 g/mol. The van der Waals surface area contributed by atoms with Crippen LogP contribution in [0.25, 0.3) is 0 Å². The minimum Gasteiger partial charge on any atom is -0.388 e. The second-order valence-electron chi connectivity index (χ2n) is 4.90. The molecule has 0 spiro atoms. The Labute approximate surface area is 109 Å². The largest absolute Gasteiger partial charge is 0.433 e. The molecule has 0 radical (unpaired) electrons. The van der Waals surface area contributed by atoms with Gasteiger partial charge in [0.1, 0.15) is 5.69 Å². The Bertz CT molecular complexity index is 430. The lowest BCUT2D eigenvalue weighted by Gasteiger charge is -2.32. The van der Waals surface area contributed by atoms with Gasteiger partial charge in [-0.15, -0.1) is 0 Å². The molecular formula is C12H16F3N3O. The lowest BCUT2D eigenvalue weighted by Crippen LogP contribution is -2.39. The minimum atomic E-state index is -4.49. The van der Waals surface area contributed by atoms with Crippen molar-refractivity contribution in [3.8, 4) is 0 Å². The molecule has 1 aromatic heterocycles. The molecule has 0 saturated heterocycles. The summed E-state index contributed by atoms with van der Waals surface area (Å²) in [5.74, 6) is -0.103. The number of nitrogens with zero attached hydrogens (tertiary/aromatic N) is 2. The van der Waals surface area contributed by atoms with Crippen molar-refractivity contribution >= 4 is 5.95 Å². The van der Waals surface area contributed by atoms with Crippen LogP contribution in [0.5, 0.6) is 0 Å². The lowest BCUT2D eigenvalue weighted by atomic mass is 9.85. The highest BCUT2D eigenvalue weighted by Gasteiger charge is 2.33. The smallest absolute Gasteiger partial charge is 0.388 e. The summed E-state index contributed by atoms with van der Waals surface area (Å²) >= 11 is 0. The van der Waals surface area contributed by atoms with Crippen LogP contribution in [0, 0.1) is 0 Å². The number of rotatable bonds is 3. The standard InChI is InChI=1S/C12H16F3N3O/c13-12(14,15)9-4-7-16-10(18-9)17-8-11(19)5-2-1-3-6-11/h4,7,19H,1-3,5-6,8H2,(H,16,17,18). The predicted molar refractivity (Wildman–Crippen MR) is 63.6 cm³/mol. The molecule has 0 amide bonds. The average Bonchev–Trinajstić information content (AvgIpc) is 2.37. The Morgan fingerprint density at radius 2 is 1.95 bits per heavy atom. The van der Waals surface area contributed by atoms with Gasteiger partial charge in [-0.2, -0.15) is 13.2 Å². The molecule has 2 rings (SSSR count). The van der Waals surface area contributed by atoms with Gasteiger partial charge in [-0.1, -0.05) is 19.3 Å². The lowest BCUT2D eigenvalue weighted by molar-refractivity contribution is -0.141. The molecule has 0 aromatic carbocycles. The highest BCUT2D eigenvalue weighted by atomic mass is 19.4. The Hall–Kier alpha value is -1.37. The normalized spacial score (nSPS) is 19.2. The summed E-state index contributed by atoms with van der Waals surface area (Å²) in [6.45, 7) is 0.175. The molecule has 2 N–H and O–H groups in total. The number of nitrogens with one attached hydrogen (secondary N) is 1. The van der Waals surface area contributed by atoms with E-state index in [0.717, 1.165) is 31.5 Å². The molecule has 0 atom stereocenters. The van der Waals surface area contributed by atoms with Crippen LogP contribution in [0.15, 0.2) is 12.3 Å².